The summed E-state index contributed by atoms with van der Waals surface area (Å²) in [5.74, 6) is 0.0245. The predicted molar refractivity (Wildman–Crippen MR) is 83.8 cm³/mol. The topological polar surface area (TPSA) is 35.5 Å². The fraction of sp³-hybridized carbons (Fsp3) is 0.941. The van der Waals surface area contributed by atoms with E-state index in [1.165, 1.54) is 25.7 Å². The molecule has 0 aromatic heterocycles. The lowest BCUT2D eigenvalue weighted by Gasteiger charge is -2.13. The molecule has 0 aromatic carbocycles. The Kier molecular flexibility index (Phi) is 14.4. The van der Waals surface area contributed by atoms with Gasteiger partial charge in [0.25, 0.3) is 0 Å². The number of esters is 1. The molecule has 1 unspecified atom stereocenters. The maximum absolute atomic E-state index is 11.8. The van der Waals surface area contributed by atoms with Crippen LogP contribution in [0.25, 0.3) is 0 Å². The zero-order chi connectivity index (χ0) is 15.1. The molecule has 0 saturated carbocycles. The van der Waals surface area contributed by atoms with E-state index in [0.717, 1.165) is 38.7 Å². The molecule has 0 rings (SSSR count). The van der Waals surface area contributed by atoms with Crippen molar-refractivity contribution in [1.29, 1.82) is 0 Å². The van der Waals surface area contributed by atoms with Crippen molar-refractivity contribution in [3.05, 3.63) is 0 Å². The van der Waals surface area contributed by atoms with Gasteiger partial charge in [-0.05, 0) is 19.3 Å². The first-order valence-electron chi connectivity index (χ1n) is 8.50. The van der Waals surface area contributed by atoms with Gasteiger partial charge in [0.2, 0.25) is 0 Å². The second-order valence-corrected chi connectivity index (χ2v) is 5.44. The monoisotopic (exact) mass is 286 g/mol. The third-order valence-corrected chi connectivity index (χ3v) is 3.60. The van der Waals surface area contributed by atoms with Crippen molar-refractivity contribution in [1.82, 2.24) is 0 Å². The van der Waals surface area contributed by atoms with Gasteiger partial charge in [-0.25, -0.2) is 0 Å². The maximum atomic E-state index is 11.8. The van der Waals surface area contributed by atoms with E-state index in [2.05, 4.69) is 13.8 Å². The highest BCUT2D eigenvalue weighted by molar-refractivity contribution is 5.72. The lowest BCUT2D eigenvalue weighted by molar-refractivity contribution is -0.150. The zero-order valence-corrected chi connectivity index (χ0v) is 13.8. The van der Waals surface area contributed by atoms with Crippen LogP contribution >= 0.6 is 0 Å². The Morgan fingerprint density at radius 3 is 2.20 bits per heavy atom. The van der Waals surface area contributed by atoms with Crippen LogP contribution in [0.5, 0.6) is 0 Å². The Labute approximate surface area is 125 Å². The molecular weight excluding hydrogens is 252 g/mol. The number of carbonyl (C=O) groups is 1. The van der Waals surface area contributed by atoms with Crippen LogP contribution in [0.2, 0.25) is 0 Å². The summed E-state index contributed by atoms with van der Waals surface area (Å²) in [4.78, 5) is 11.8. The van der Waals surface area contributed by atoms with Gasteiger partial charge >= 0.3 is 5.97 Å². The minimum atomic E-state index is -0.0486. The van der Waals surface area contributed by atoms with Gasteiger partial charge in [-0.1, -0.05) is 59.3 Å². The summed E-state index contributed by atoms with van der Waals surface area (Å²) in [6, 6.07) is 0. The molecule has 20 heavy (non-hydrogen) atoms. The lowest BCUT2D eigenvalue weighted by atomic mass is 10.00. The highest BCUT2D eigenvalue weighted by Crippen LogP contribution is 2.14. The van der Waals surface area contributed by atoms with E-state index < -0.39 is 0 Å². The Morgan fingerprint density at radius 1 is 0.850 bits per heavy atom. The second kappa shape index (κ2) is 14.8. The molecule has 0 aliphatic carbocycles. The van der Waals surface area contributed by atoms with E-state index in [1.54, 1.807) is 0 Å². The molecule has 0 aliphatic heterocycles. The lowest BCUT2D eigenvalue weighted by Crippen LogP contribution is -2.19. The van der Waals surface area contributed by atoms with Gasteiger partial charge in [0.1, 0.15) is 6.61 Å². The molecule has 0 bridgehead atoms. The SMILES string of the molecule is CCCCCCCOCCOC(=O)C(CC)CCCC. The minimum Gasteiger partial charge on any atom is -0.463 e. The highest BCUT2D eigenvalue weighted by atomic mass is 16.6. The molecule has 120 valence electrons. The van der Waals surface area contributed by atoms with Crippen molar-refractivity contribution in [3.63, 3.8) is 0 Å². The Bertz CT molecular complexity index is 216. The summed E-state index contributed by atoms with van der Waals surface area (Å²) in [5, 5.41) is 0. The first-order valence-corrected chi connectivity index (χ1v) is 8.50. The van der Waals surface area contributed by atoms with Crippen molar-refractivity contribution in [2.24, 2.45) is 5.92 Å². The number of carbonyl (C=O) groups excluding carboxylic acids is 1. The van der Waals surface area contributed by atoms with Gasteiger partial charge in [0.15, 0.2) is 0 Å². The third kappa shape index (κ3) is 11.3. The average Bonchev–Trinajstić information content (AvgIpc) is 2.46. The first kappa shape index (κ1) is 19.4. The molecule has 0 spiro atoms. The fourth-order valence-electron chi connectivity index (χ4n) is 2.17. The number of unbranched alkanes of at least 4 members (excludes halogenated alkanes) is 5. The van der Waals surface area contributed by atoms with Gasteiger partial charge < -0.3 is 9.47 Å². The summed E-state index contributed by atoms with van der Waals surface area (Å²) in [7, 11) is 0. The predicted octanol–water partition coefficient (Wildman–Crippen LogP) is 4.73. The van der Waals surface area contributed by atoms with Gasteiger partial charge in [-0.2, -0.15) is 0 Å². The first-order chi connectivity index (χ1) is 9.76. The molecule has 0 N–H and O–H groups in total. The van der Waals surface area contributed by atoms with Crippen molar-refractivity contribution in [3.8, 4) is 0 Å². The summed E-state index contributed by atoms with van der Waals surface area (Å²) in [6.07, 6.45) is 10.3. The standard InChI is InChI=1S/C17H34O3/c1-4-7-9-10-11-13-19-14-15-20-17(18)16(6-3)12-8-5-2/h16H,4-15H2,1-3H3. The Morgan fingerprint density at radius 2 is 1.55 bits per heavy atom. The number of hydrogen-bond acceptors (Lipinski definition) is 3. The highest BCUT2D eigenvalue weighted by Gasteiger charge is 2.16. The largest absolute Gasteiger partial charge is 0.463 e. The van der Waals surface area contributed by atoms with E-state index in [9.17, 15) is 4.79 Å². The molecule has 0 aliphatic rings. The van der Waals surface area contributed by atoms with Gasteiger partial charge in [-0.3, -0.25) is 4.79 Å². The zero-order valence-electron chi connectivity index (χ0n) is 13.8. The minimum absolute atomic E-state index is 0.0486. The van der Waals surface area contributed by atoms with E-state index in [0.29, 0.717) is 13.2 Å². The van der Waals surface area contributed by atoms with Crippen LogP contribution in [0.3, 0.4) is 0 Å². The van der Waals surface area contributed by atoms with Crippen molar-refractivity contribution < 1.29 is 14.3 Å². The normalized spacial score (nSPS) is 12.3. The van der Waals surface area contributed by atoms with Crippen LogP contribution in [-0.2, 0) is 14.3 Å². The molecule has 0 heterocycles. The van der Waals surface area contributed by atoms with Crippen LogP contribution in [0.15, 0.2) is 0 Å². The molecule has 0 fully saturated rings. The summed E-state index contributed by atoms with van der Waals surface area (Å²) >= 11 is 0. The van der Waals surface area contributed by atoms with Crippen molar-refractivity contribution >= 4 is 5.97 Å². The molecule has 3 heteroatoms. The van der Waals surface area contributed by atoms with Gasteiger partial charge in [0.05, 0.1) is 12.5 Å². The Hall–Kier alpha value is -0.570. The van der Waals surface area contributed by atoms with Crippen LogP contribution in [0, 0.1) is 5.92 Å². The van der Waals surface area contributed by atoms with Crippen LogP contribution < -0.4 is 0 Å². The number of rotatable bonds is 14. The maximum Gasteiger partial charge on any atom is 0.308 e. The van der Waals surface area contributed by atoms with E-state index >= 15 is 0 Å². The van der Waals surface area contributed by atoms with E-state index in [-0.39, 0.29) is 11.9 Å². The quantitative estimate of drug-likeness (QED) is 0.342. The molecule has 0 saturated heterocycles. The van der Waals surface area contributed by atoms with Crippen molar-refractivity contribution in [2.45, 2.75) is 78.6 Å². The second-order valence-electron chi connectivity index (χ2n) is 5.44. The van der Waals surface area contributed by atoms with Gasteiger partial charge in [0, 0.05) is 6.61 Å². The van der Waals surface area contributed by atoms with Crippen LogP contribution in [0.1, 0.15) is 78.6 Å². The molecule has 3 nitrogen and oxygen atoms in total. The van der Waals surface area contributed by atoms with Crippen molar-refractivity contribution in [2.75, 3.05) is 19.8 Å². The smallest absolute Gasteiger partial charge is 0.308 e. The molecule has 1 atom stereocenters. The fourth-order valence-corrected chi connectivity index (χ4v) is 2.17. The summed E-state index contributed by atoms with van der Waals surface area (Å²) < 4.78 is 10.8. The summed E-state index contributed by atoms with van der Waals surface area (Å²) in [5.41, 5.74) is 0. The Balaban J connectivity index is 3.41. The van der Waals surface area contributed by atoms with E-state index in [1.807, 2.05) is 6.92 Å². The molecular formula is C17H34O3. The van der Waals surface area contributed by atoms with Crippen LogP contribution in [0.4, 0.5) is 0 Å². The van der Waals surface area contributed by atoms with Gasteiger partial charge in [-0.15, -0.1) is 0 Å². The number of ether oxygens (including phenoxy) is 2. The number of hydrogen-bond donors (Lipinski definition) is 0. The average molecular weight is 286 g/mol. The third-order valence-electron chi connectivity index (χ3n) is 3.60. The molecule has 0 radical (unpaired) electrons. The summed E-state index contributed by atoms with van der Waals surface area (Å²) in [6.45, 7) is 8.13. The molecule has 0 aromatic rings. The van der Waals surface area contributed by atoms with E-state index in [4.69, 9.17) is 9.47 Å². The van der Waals surface area contributed by atoms with Crippen LogP contribution in [-0.4, -0.2) is 25.8 Å². The molecule has 0 amide bonds.